The molecule has 1 amide bonds. The number of nitrogens with zero attached hydrogens (tertiary/aromatic N) is 3. The molecule has 1 spiro atoms. The minimum absolute atomic E-state index is 0.0263. The van der Waals surface area contributed by atoms with E-state index < -0.39 is 0 Å². The van der Waals surface area contributed by atoms with Gasteiger partial charge in [-0.2, -0.15) is 0 Å². The normalized spacial score (nSPS) is 29.3. The zero-order valence-electron chi connectivity index (χ0n) is 14.4. The maximum atomic E-state index is 12.1. The smallest absolute Gasteiger partial charge is 0.222 e. The van der Waals surface area contributed by atoms with E-state index in [-0.39, 0.29) is 5.60 Å². The molecule has 0 aliphatic carbocycles. The number of rotatable bonds is 4. The van der Waals surface area contributed by atoms with Crippen molar-refractivity contribution in [2.45, 2.75) is 44.8 Å². The summed E-state index contributed by atoms with van der Waals surface area (Å²) in [6, 6.07) is 0.557. The molecule has 3 rings (SSSR count). The van der Waals surface area contributed by atoms with Gasteiger partial charge in [0, 0.05) is 38.6 Å². The summed E-state index contributed by atoms with van der Waals surface area (Å²) in [7, 11) is 2.19. The van der Waals surface area contributed by atoms with Crippen LogP contribution in [0.15, 0.2) is 0 Å². The monoisotopic (exact) mass is 309 g/mol. The number of carbonyl (C=O) groups excluding carboxylic acids is 1. The van der Waals surface area contributed by atoms with Gasteiger partial charge in [0.05, 0.1) is 19.7 Å². The quantitative estimate of drug-likeness (QED) is 0.777. The number of carbonyl (C=O) groups is 1. The Bertz CT molecular complexity index is 399. The van der Waals surface area contributed by atoms with Gasteiger partial charge in [0.25, 0.3) is 0 Å². The summed E-state index contributed by atoms with van der Waals surface area (Å²) in [4.78, 5) is 19.1. The standard InChI is InChI=1S/C17H31N3O2/c1-14(2)4-5-16(21)20-12-17(13-20)10-15(11-22-17)19-8-6-18(3)7-9-19/h14-15H,4-13H2,1-3H3. The summed E-state index contributed by atoms with van der Waals surface area (Å²) in [6.07, 6.45) is 2.79. The van der Waals surface area contributed by atoms with Crippen LogP contribution in [0.5, 0.6) is 0 Å². The first kappa shape index (κ1) is 16.2. The lowest BCUT2D eigenvalue weighted by Crippen LogP contribution is -2.63. The van der Waals surface area contributed by atoms with E-state index in [4.69, 9.17) is 4.74 Å². The summed E-state index contributed by atoms with van der Waals surface area (Å²) in [5.74, 6) is 0.912. The average Bonchev–Trinajstić information content (AvgIpc) is 2.89. The molecule has 0 saturated carbocycles. The topological polar surface area (TPSA) is 36.0 Å². The predicted octanol–water partition coefficient (Wildman–Crippen LogP) is 1.04. The highest BCUT2D eigenvalue weighted by molar-refractivity contribution is 5.77. The van der Waals surface area contributed by atoms with Gasteiger partial charge in [0.1, 0.15) is 5.60 Å². The van der Waals surface area contributed by atoms with Gasteiger partial charge in [-0.1, -0.05) is 13.8 Å². The van der Waals surface area contributed by atoms with Crippen molar-refractivity contribution in [2.75, 3.05) is 52.9 Å². The Labute approximate surface area is 134 Å². The van der Waals surface area contributed by atoms with Crippen LogP contribution >= 0.6 is 0 Å². The third kappa shape index (κ3) is 3.47. The fourth-order valence-electron chi connectivity index (χ4n) is 3.86. The van der Waals surface area contributed by atoms with Crippen molar-refractivity contribution in [2.24, 2.45) is 5.92 Å². The predicted molar refractivity (Wildman–Crippen MR) is 86.8 cm³/mol. The number of piperazine rings is 1. The van der Waals surface area contributed by atoms with Crippen molar-refractivity contribution >= 4 is 5.91 Å². The molecule has 0 aromatic carbocycles. The summed E-state index contributed by atoms with van der Waals surface area (Å²) < 4.78 is 6.13. The lowest BCUT2D eigenvalue weighted by molar-refractivity contribution is -0.158. The third-order valence-electron chi connectivity index (χ3n) is 5.49. The minimum Gasteiger partial charge on any atom is -0.370 e. The highest BCUT2D eigenvalue weighted by Crippen LogP contribution is 2.37. The van der Waals surface area contributed by atoms with Crippen molar-refractivity contribution in [3.63, 3.8) is 0 Å². The molecule has 3 aliphatic heterocycles. The van der Waals surface area contributed by atoms with Crippen molar-refractivity contribution < 1.29 is 9.53 Å². The molecule has 0 aromatic heterocycles. The number of likely N-dealkylation sites (N-methyl/N-ethyl adjacent to an activating group) is 1. The van der Waals surface area contributed by atoms with Crippen LogP contribution < -0.4 is 0 Å². The second-order valence-electron chi connectivity index (χ2n) is 7.87. The molecule has 3 fully saturated rings. The fraction of sp³-hybridized carbons (Fsp3) is 0.941. The minimum atomic E-state index is -0.0263. The van der Waals surface area contributed by atoms with Gasteiger partial charge in [0.15, 0.2) is 0 Å². The Morgan fingerprint density at radius 1 is 1.23 bits per heavy atom. The molecule has 1 unspecified atom stereocenters. The molecule has 1 atom stereocenters. The van der Waals surface area contributed by atoms with Crippen molar-refractivity contribution in [3.05, 3.63) is 0 Å². The molecule has 126 valence electrons. The van der Waals surface area contributed by atoms with Crippen LogP contribution in [-0.4, -0.2) is 85.2 Å². The number of hydrogen-bond acceptors (Lipinski definition) is 4. The molecular weight excluding hydrogens is 278 g/mol. The van der Waals surface area contributed by atoms with E-state index >= 15 is 0 Å². The molecule has 3 saturated heterocycles. The van der Waals surface area contributed by atoms with E-state index in [1.807, 2.05) is 4.90 Å². The van der Waals surface area contributed by atoms with Gasteiger partial charge in [-0.25, -0.2) is 0 Å². The molecule has 0 radical (unpaired) electrons. The van der Waals surface area contributed by atoms with Crippen molar-refractivity contribution in [1.29, 1.82) is 0 Å². The van der Waals surface area contributed by atoms with Crippen molar-refractivity contribution in [1.82, 2.24) is 14.7 Å². The molecule has 0 aromatic rings. The van der Waals surface area contributed by atoms with Gasteiger partial charge < -0.3 is 14.5 Å². The first-order valence-electron chi connectivity index (χ1n) is 8.82. The highest BCUT2D eigenvalue weighted by atomic mass is 16.5. The van der Waals surface area contributed by atoms with Crippen LogP contribution in [0.3, 0.4) is 0 Å². The van der Waals surface area contributed by atoms with E-state index in [0.717, 1.165) is 58.7 Å². The van der Waals surface area contributed by atoms with Gasteiger partial charge in [-0.15, -0.1) is 0 Å². The number of likely N-dealkylation sites (tertiary alicyclic amines) is 1. The molecule has 0 bridgehead atoms. The maximum absolute atomic E-state index is 12.1. The Kier molecular flexibility index (Phi) is 4.76. The molecule has 5 heteroatoms. The third-order valence-corrected chi connectivity index (χ3v) is 5.49. The summed E-state index contributed by atoms with van der Waals surface area (Å²) >= 11 is 0. The SMILES string of the molecule is CC(C)CCC(=O)N1CC2(CC(N3CCN(C)CC3)CO2)C1. The molecule has 0 N–H and O–H groups in total. The number of hydrogen-bond donors (Lipinski definition) is 0. The first-order valence-corrected chi connectivity index (χ1v) is 8.82. The van der Waals surface area contributed by atoms with Crippen LogP contribution in [-0.2, 0) is 9.53 Å². The number of ether oxygens (including phenoxy) is 1. The average molecular weight is 309 g/mol. The van der Waals surface area contributed by atoms with Crippen LogP contribution in [0.25, 0.3) is 0 Å². The lowest BCUT2D eigenvalue weighted by Gasteiger charge is -2.47. The van der Waals surface area contributed by atoms with Gasteiger partial charge >= 0.3 is 0 Å². The van der Waals surface area contributed by atoms with E-state index in [2.05, 4.69) is 30.7 Å². The van der Waals surface area contributed by atoms with Crippen LogP contribution in [0, 0.1) is 5.92 Å². The Hall–Kier alpha value is -0.650. The second-order valence-corrected chi connectivity index (χ2v) is 7.87. The molecule has 3 aliphatic rings. The van der Waals surface area contributed by atoms with Crippen LogP contribution in [0.4, 0.5) is 0 Å². The fourth-order valence-corrected chi connectivity index (χ4v) is 3.86. The highest BCUT2D eigenvalue weighted by Gasteiger charge is 2.52. The van der Waals surface area contributed by atoms with Crippen molar-refractivity contribution in [3.8, 4) is 0 Å². The summed E-state index contributed by atoms with van der Waals surface area (Å²) in [5.41, 5.74) is -0.0263. The molecular formula is C17H31N3O2. The Balaban J connectivity index is 1.43. The lowest BCUT2D eigenvalue weighted by atomic mass is 9.88. The largest absolute Gasteiger partial charge is 0.370 e. The first-order chi connectivity index (χ1) is 10.5. The molecule has 3 heterocycles. The summed E-state index contributed by atoms with van der Waals surface area (Å²) in [6.45, 7) is 11.4. The van der Waals surface area contributed by atoms with E-state index in [1.54, 1.807) is 0 Å². The molecule has 5 nitrogen and oxygen atoms in total. The maximum Gasteiger partial charge on any atom is 0.222 e. The van der Waals surface area contributed by atoms with Crippen LogP contribution in [0.2, 0.25) is 0 Å². The second kappa shape index (κ2) is 6.46. The Morgan fingerprint density at radius 2 is 1.91 bits per heavy atom. The van der Waals surface area contributed by atoms with Gasteiger partial charge in [0.2, 0.25) is 5.91 Å². The van der Waals surface area contributed by atoms with Gasteiger partial charge in [-0.3, -0.25) is 9.69 Å². The van der Waals surface area contributed by atoms with E-state index in [9.17, 15) is 4.79 Å². The van der Waals surface area contributed by atoms with Crippen LogP contribution in [0.1, 0.15) is 33.1 Å². The van der Waals surface area contributed by atoms with E-state index in [1.165, 1.54) is 0 Å². The number of amides is 1. The molecule has 22 heavy (non-hydrogen) atoms. The van der Waals surface area contributed by atoms with Gasteiger partial charge in [-0.05, 0) is 25.8 Å². The Morgan fingerprint density at radius 3 is 2.55 bits per heavy atom. The van der Waals surface area contributed by atoms with E-state index in [0.29, 0.717) is 24.3 Å². The zero-order valence-corrected chi connectivity index (χ0v) is 14.4. The summed E-state index contributed by atoms with van der Waals surface area (Å²) in [5, 5.41) is 0. The zero-order chi connectivity index (χ0) is 15.7.